The van der Waals surface area contributed by atoms with E-state index in [4.69, 9.17) is 4.42 Å². The van der Waals surface area contributed by atoms with Gasteiger partial charge in [-0.3, -0.25) is 0 Å². The maximum absolute atomic E-state index is 9.57. The summed E-state index contributed by atoms with van der Waals surface area (Å²) in [6, 6.07) is 10.2. The van der Waals surface area contributed by atoms with Crippen molar-refractivity contribution in [2.75, 3.05) is 5.32 Å². The van der Waals surface area contributed by atoms with Crippen LogP contribution >= 0.6 is 11.3 Å². The van der Waals surface area contributed by atoms with Gasteiger partial charge in [0.05, 0.1) is 12.8 Å². The van der Waals surface area contributed by atoms with Crippen LogP contribution in [-0.4, -0.2) is 10.1 Å². The molecule has 1 aromatic carbocycles. The summed E-state index contributed by atoms with van der Waals surface area (Å²) in [5.74, 6) is 0.668. The molecule has 0 atom stereocenters. The van der Waals surface area contributed by atoms with Gasteiger partial charge in [-0.2, -0.15) is 0 Å². The number of hydrogen-bond acceptors (Lipinski definition) is 5. The molecule has 22 heavy (non-hydrogen) atoms. The van der Waals surface area contributed by atoms with Gasteiger partial charge in [0, 0.05) is 27.5 Å². The molecule has 2 aromatic heterocycles. The predicted octanol–water partition coefficient (Wildman–Crippen LogP) is 4.07. The van der Waals surface area contributed by atoms with Crippen LogP contribution < -0.4 is 5.32 Å². The van der Waals surface area contributed by atoms with Crippen molar-refractivity contribution in [2.24, 2.45) is 0 Å². The molecule has 3 aromatic rings. The van der Waals surface area contributed by atoms with Crippen LogP contribution in [0.1, 0.15) is 22.2 Å². The molecule has 3 rings (SSSR count). The maximum atomic E-state index is 9.57. The van der Waals surface area contributed by atoms with Gasteiger partial charge in [0.1, 0.15) is 0 Å². The van der Waals surface area contributed by atoms with E-state index in [1.165, 1.54) is 16.1 Å². The van der Waals surface area contributed by atoms with Crippen LogP contribution in [0.2, 0.25) is 0 Å². The van der Waals surface area contributed by atoms with Gasteiger partial charge in [0.2, 0.25) is 0 Å². The maximum Gasteiger partial charge on any atom is 0.181 e. The number of oxazole rings is 1. The second-order valence-corrected chi connectivity index (χ2v) is 6.22. The van der Waals surface area contributed by atoms with E-state index in [2.05, 4.69) is 29.4 Å². The molecule has 0 radical (unpaired) electrons. The van der Waals surface area contributed by atoms with Crippen molar-refractivity contribution in [2.45, 2.75) is 26.5 Å². The summed E-state index contributed by atoms with van der Waals surface area (Å²) in [5.41, 5.74) is 2.68. The van der Waals surface area contributed by atoms with Crippen molar-refractivity contribution in [1.29, 1.82) is 0 Å². The number of rotatable bonds is 6. The first-order chi connectivity index (χ1) is 10.8. The summed E-state index contributed by atoms with van der Waals surface area (Å²) in [6.07, 6.45) is 4.12. The fourth-order valence-corrected chi connectivity index (χ4v) is 3.22. The average Bonchev–Trinajstić information content (AvgIpc) is 3.24. The molecular weight excluding hydrogens is 296 g/mol. The minimum atomic E-state index is -0.0372. The van der Waals surface area contributed by atoms with E-state index in [1.807, 2.05) is 29.5 Å². The molecule has 0 fully saturated rings. The molecule has 0 saturated heterocycles. The van der Waals surface area contributed by atoms with E-state index in [1.54, 1.807) is 6.20 Å². The van der Waals surface area contributed by atoms with Crippen molar-refractivity contribution in [3.8, 4) is 11.3 Å². The molecule has 2 heterocycles. The Morgan fingerprint density at radius 3 is 2.77 bits per heavy atom. The summed E-state index contributed by atoms with van der Waals surface area (Å²) in [5, 5.41) is 13.0. The largest absolute Gasteiger partial charge is 0.444 e. The Kier molecular flexibility index (Phi) is 4.56. The topological polar surface area (TPSA) is 58.3 Å². The average molecular weight is 314 g/mol. The number of aliphatic hydroxyl groups excluding tert-OH is 1. The number of anilines is 1. The standard InChI is InChI=1S/C17H18N2O2S/c1-2-14-4-5-15(22-14)8-19-13-3-6-16(12(7-13)10-20)17-9-18-11-21-17/h3-7,9,11,19-20H,2,8,10H2,1H3. The summed E-state index contributed by atoms with van der Waals surface area (Å²) < 4.78 is 5.31. The Balaban J connectivity index is 1.74. The van der Waals surface area contributed by atoms with Crippen LogP contribution in [-0.2, 0) is 19.6 Å². The van der Waals surface area contributed by atoms with Gasteiger partial charge >= 0.3 is 0 Å². The number of thiophene rings is 1. The minimum absolute atomic E-state index is 0.0372. The van der Waals surface area contributed by atoms with Crippen molar-refractivity contribution >= 4 is 17.0 Å². The molecule has 0 aliphatic carbocycles. The Bertz CT molecular complexity index is 735. The van der Waals surface area contributed by atoms with Crippen molar-refractivity contribution in [3.05, 3.63) is 58.2 Å². The number of nitrogens with zero attached hydrogens (tertiary/aromatic N) is 1. The van der Waals surface area contributed by atoms with Crippen LogP contribution in [0.4, 0.5) is 5.69 Å². The van der Waals surface area contributed by atoms with E-state index < -0.39 is 0 Å². The Labute approximate surface area is 133 Å². The Hall–Kier alpha value is -2.11. The fourth-order valence-electron chi connectivity index (χ4n) is 2.32. The highest BCUT2D eigenvalue weighted by molar-refractivity contribution is 7.12. The van der Waals surface area contributed by atoms with Crippen LogP contribution in [0.25, 0.3) is 11.3 Å². The molecule has 0 aliphatic heterocycles. The van der Waals surface area contributed by atoms with Gasteiger partial charge in [0.15, 0.2) is 12.2 Å². The molecule has 2 N–H and O–H groups in total. The van der Waals surface area contributed by atoms with Crippen LogP contribution in [0, 0.1) is 0 Å². The number of aromatic nitrogens is 1. The molecule has 0 amide bonds. The van der Waals surface area contributed by atoms with E-state index in [0.717, 1.165) is 29.8 Å². The van der Waals surface area contributed by atoms with Crippen LogP contribution in [0.15, 0.2) is 47.3 Å². The summed E-state index contributed by atoms with van der Waals surface area (Å²) >= 11 is 1.83. The zero-order valence-electron chi connectivity index (χ0n) is 12.4. The lowest BCUT2D eigenvalue weighted by molar-refractivity contribution is 0.282. The quantitative estimate of drug-likeness (QED) is 0.720. The summed E-state index contributed by atoms with van der Waals surface area (Å²) in [7, 11) is 0. The molecule has 0 unspecified atom stereocenters. The van der Waals surface area contributed by atoms with Gasteiger partial charge in [-0.1, -0.05) is 6.92 Å². The molecule has 114 valence electrons. The first-order valence-corrected chi connectivity index (χ1v) is 8.06. The Morgan fingerprint density at radius 1 is 1.23 bits per heavy atom. The van der Waals surface area contributed by atoms with Gasteiger partial charge < -0.3 is 14.8 Å². The molecule has 0 aliphatic rings. The van der Waals surface area contributed by atoms with E-state index in [-0.39, 0.29) is 6.61 Å². The number of aryl methyl sites for hydroxylation is 1. The van der Waals surface area contributed by atoms with Crippen LogP contribution in [0.3, 0.4) is 0 Å². The zero-order valence-corrected chi connectivity index (χ0v) is 13.2. The monoisotopic (exact) mass is 314 g/mol. The lowest BCUT2D eigenvalue weighted by Gasteiger charge is -2.09. The first kappa shape index (κ1) is 14.8. The lowest BCUT2D eigenvalue weighted by Crippen LogP contribution is -1.99. The van der Waals surface area contributed by atoms with E-state index in [9.17, 15) is 5.11 Å². The van der Waals surface area contributed by atoms with Gasteiger partial charge in [-0.25, -0.2) is 4.98 Å². The molecule has 5 heteroatoms. The summed E-state index contributed by atoms with van der Waals surface area (Å²) in [4.78, 5) is 6.62. The smallest absolute Gasteiger partial charge is 0.181 e. The minimum Gasteiger partial charge on any atom is -0.444 e. The molecule has 4 nitrogen and oxygen atoms in total. The van der Waals surface area contributed by atoms with E-state index in [0.29, 0.717) is 5.76 Å². The first-order valence-electron chi connectivity index (χ1n) is 7.24. The predicted molar refractivity (Wildman–Crippen MR) is 88.9 cm³/mol. The number of hydrogen-bond donors (Lipinski definition) is 2. The molecule has 0 bridgehead atoms. The normalized spacial score (nSPS) is 10.8. The highest BCUT2D eigenvalue weighted by Gasteiger charge is 2.09. The second-order valence-electron chi connectivity index (χ2n) is 4.97. The van der Waals surface area contributed by atoms with Gasteiger partial charge in [-0.15, -0.1) is 11.3 Å². The van der Waals surface area contributed by atoms with Gasteiger partial charge in [0.25, 0.3) is 0 Å². The molecular formula is C17H18N2O2S. The number of benzene rings is 1. The van der Waals surface area contributed by atoms with Gasteiger partial charge in [-0.05, 0) is 42.3 Å². The van der Waals surface area contributed by atoms with Crippen molar-refractivity contribution < 1.29 is 9.52 Å². The highest BCUT2D eigenvalue weighted by atomic mass is 32.1. The zero-order chi connectivity index (χ0) is 15.4. The van der Waals surface area contributed by atoms with E-state index >= 15 is 0 Å². The second kappa shape index (κ2) is 6.77. The molecule has 0 saturated carbocycles. The third-order valence-corrected chi connectivity index (χ3v) is 4.74. The SMILES string of the molecule is CCc1ccc(CNc2ccc(-c3cnco3)c(CO)c2)s1. The highest BCUT2D eigenvalue weighted by Crippen LogP contribution is 2.27. The summed E-state index contributed by atoms with van der Waals surface area (Å²) in [6.45, 7) is 2.92. The van der Waals surface area contributed by atoms with Crippen molar-refractivity contribution in [3.63, 3.8) is 0 Å². The fraction of sp³-hybridized carbons (Fsp3) is 0.235. The number of aliphatic hydroxyl groups is 1. The van der Waals surface area contributed by atoms with Crippen molar-refractivity contribution in [1.82, 2.24) is 4.98 Å². The Morgan fingerprint density at radius 2 is 2.09 bits per heavy atom. The third kappa shape index (κ3) is 3.21. The third-order valence-electron chi connectivity index (χ3n) is 3.51. The number of nitrogens with one attached hydrogen (secondary N) is 1. The lowest BCUT2D eigenvalue weighted by atomic mass is 10.1. The van der Waals surface area contributed by atoms with Crippen LogP contribution in [0.5, 0.6) is 0 Å². The molecule has 0 spiro atoms.